The summed E-state index contributed by atoms with van der Waals surface area (Å²) in [5.74, 6) is 0. The number of nitrogens with zero attached hydrogens (tertiary/aromatic N) is 2. The van der Waals surface area contributed by atoms with E-state index in [1.807, 2.05) is 29.7 Å². The Bertz CT molecular complexity index is 445. The van der Waals surface area contributed by atoms with Crippen molar-refractivity contribution >= 4 is 11.9 Å². The molecular weight excluding hydrogens is 164 g/mol. The number of hydrogen-bond donors (Lipinski definition) is 0. The van der Waals surface area contributed by atoms with Crippen LogP contribution in [0.25, 0.3) is 5.65 Å². The van der Waals surface area contributed by atoms with Gasteiger partial charge in [-0.2, -0.15) is 0 Å². The molecule has 0 aromatic carbocycles. The van der Waals surface area contributed by atoms with Gasteiger partial charge in [-0.05, 0) is 24.6 Å². The molecule has 2 rings (SSSR count). The summed E-state index contributed by atoms with van der Waals surface area (Å²) in [4.78, 5) is 14.5. The van der Waals surface area contributed by atoms with Crippen LogP contribution in [0, 0.1) is 6.92 Å². The van der Waals surface area contributed by atoms with E-state index in [-0.39, 0.29) is 0 Å². The quantitative estimate of drug-likeness (QED) is 0.645. The van der Waals surface area contributed by atoms with Crippen molar-refractivity contribution in [1.29, 1.82) is 0 Å². The van der Waals surface area contributed by atoms with Gasteiger partial charge in [-0.25, -0.2) is 4.98 Å². The van der Waals surface area contributed by atoms with Crippen LogP contribution in [0.5, 0.6) is 0 Å². The van der Waals surface area contributed by atoms with E-state index in [1.54, 1.807) is 6.20 Å². The molecule has 0 aliphatic carbocycles. The van der Waals surface area contributed by atoms with Crippen molar-refractivity contribution in [2.24, 2.45) is 0 Å². The molecule has 2 aromatic heterocycles. The number of pyridine rings is 1. The van der Waals surface area contributed by atoms with Crippen LogP contribution >= 0.6 is 0 Å². The first-order valence-corrected chi connectivity index (χ1v) is 4.17. The van der Waals surface area contributed by atoms with Gasteiger partial charge >= 0.3 is 0 Å². The van der Waals surface area contributed by atoms with E-state index in [1.165, 1.54) is 5.56 Å². The molecule has 0 aliphatic rings. The van der Waals surface area contributed by atoms with Gasteiger partial charge in [0.15, 0.2) is 0 Å². The predicted molar refractivity (Wildman–Crippen MR) is 49.7 cm³/mol. The Morgan fingerprint density at radius 3 is 3.23 bits per heavy atom. The SMILES string of the molecule is Cc1ccn2c(CC=O)cnc2c1. The average Bonchev–Trinajstić information content (AvgIpc) is 2.49. The summed E-state index contributed by atoms with van der Waals surface area (Å²) >= 11 is 0. The van der Waals surface area contributed by atoms with Crippen molar-refractivity contribution in [2.45, 2.75) is 13.3 Å². The number of aromatic nitrogens is 2. The van der Waals surface area contributed by atoms with Gasteiger partial charge < -0.3 is 9.20 Å². The van der Waals surface area contributed by atoms with E-state index >= 15 is 0 Å². The molecule has 0 amide bonds. The Balaban J connectivity index is 2.61. The zero-order valence-corrected chi connectivity index (χ0v) is 7.40. The minimum atomic E-state index is 0.421. The molecule has 0 spiro atoms. The van der Waals surface area contributed by atoms with E-state index in [4.69, 9.17) is 0 Å². The highest BCUT2D eigenvalue weighted by Crippen LogP contribution is 2.08. The molecule has 2 aromatic rings. The maximum Gasteiger partial charge on any atom is 0.137 e. The Hall–Kier alpha value is -1.64. The fourth-order valence-corrected chi connectivity index (χ4v) is 1.37. The van der Waals surface area contributed by atoms with Gasteiger partial charge in [0, 0.05) is 24.5 Å². The molecule has 3 nitrogen and oxygen atoms in total. The summed E-state index contributed by atoms with van der Waals surface area (Å²) in [6.45, 7) is 2.02. The van der Waals surface area contributed by atoms with Crippen LogP contribution in [-0.2, 0) is 11.2 Å². The van der Waals surface area contributed by atoms with Crippen LogP contribution in [0.2, 0.25) is 0 Å². The number of carbonyl (C=O) groups excluding carboxylic acids is 1. The average molecular weight is 174 g/mol. The van der Waals surface area contributed by atoms with Crippen LogP contribution in [0.1, 0.15) is 11.3 Å². The second kappa shape index (κ2) is 3.01. The monoisotopic (exact) mass is 174 g/mol. The van der Waals surface area contributed by atoms with E-state index in [9.17, 15) is 4.79 Å². The van der Waals surface area contributed by atoms with Crippen molar-refractivity contribution in [3.05, 3.63) is 35.8 Å². The third-order valence-corrected chi connectivity index (χ3v) is 2.04. The summed E-state index contributed by atoms with van der Waals surface area (Å²) < 4.78 is 1.93. The lowest BCUT2D eigenvalue weighted by Crippen LogP contribution is -1.93. The van der Waals surface area contributed by atoms with E-state index in [0.717, 1.165) is 17.6 Å². The molecule has 0 aliphatic heterocycles. The fourth-order valence-electron chi connectivity index (χ4n) is 1.37. The van der Waals surface area contributed by atoms with E-state index in [2.05, 4.69) is 4.98 Å². The maximum atomic E-state index is 10.3. The Morgan fingerprint density at radius 1 is 1.62 bits per heavy atom. The number of aryl methyl sites for hydroxylation is 1. The molecule has 0 unspecified atom stereocenters. The first-order valence-electron chi connectivity index (χ1n) is 4.17. The topological polar surface area (TPSA) is 34.4 Å². The first kappa shape index (κ1) is 7.98. The molecule has 0 N–H and O–H groups in total. The molecule has 0 atom stereocenters. The third kappa shape index (κ3) is 1.33. The molecule has 3 heteroatoms. The highest BCUT2D eigenvalue weighted by molar-refractivity contribution is 5.55. The lowest BCUT2D eigenvalue weighted by Gasteiger charge is -1.97. The Morgan fingerprint density at radius 2 is 2.46 bits per heavy atom. The van der Waals surface area contributed by atoms with Gasteiger partial charge in [0.1, 0.15) is 11.9 Å². The molecular formula is C10H10N2O. The van der Waals surface area contributed by atoms with Crippen molar-refractivity contribution in [3.63, 3.8) is 0 Å². The van der Waals surface area contributed by atoms with Gasteiger partial charge in [0.05, 0.1) is 0 Å². The van der Waals surface area contributed by atoms with Crippen LogP contribution < -0.4 is 0 Å². The number of aldehydes is 1. The van der Waals surface area contributed by atoms with Gasteiger partial charge in [-0.1, -0.05) is 0 Å². The summed E-state index contributed by atoms with van der Waals surface area (Å²) in [5, 5.41) is 0. The lowest BCUT2D eigenvalue weighted by atomic mass is 10.3. The summed E-state index contributed by atoms with van der Waals surface area (Å²) in [6, 6.07) is 4.00. The highest BCUT2D eigenvalue weighted by Gasteiger charge is 2.01. The number of hydrogen-bond acceptors (Lipinski definition) is 2. The van der Waals surface area contributed by atoms with Crippen LogP contribution in [0.3, 0.4) is 0 Å². The standard InChI is InChI=1S/C10H10N2O/c1-8-2-4-12-9(3-5-13)7-11-10(12)6-8/h2,4-7H,3H2,1H3. The number of rotatable bonds is 2. The normalized spacial score (nSPS) is 10.5. The largest absolute Gasteiger partial charge is 0.304 e. The van der Waals surface area contributed by atoms with Crippen molar-refractivity contribution in [2.75, 3.05) is 0 Å². The highest BCUT2D eigenvalue weighted by atomic mass is 16.1. The van der Waals surface area contributed by atoms with Gasteiger partial charge in [-0.15, -0.1) is 0 Å². The molecule has 66 valence electrons. The summed E-state index contributed by atoms with van der Waals surface area (Å²) in [6.07, 6.45) is 4.99. The smallest absolute Gasteiger partial charge is 0.137 e. The number of carbonyl (C=O) groups is 1. The molecule has 0 bridgehead atoms. The number of imidazole rings is 1. The van der Waals surface area contributed by atoms with Crippen molar-refractivity contribution in [3.8, 4) is 0 Å². The third-order valence-electron chi connectivity index (χ3n) is 2.04. The molecule has 0 saturated heterocycles. The predicted octanol–water partition coefficient (Wildman–Crippen LogP) is 1.38. The van der Waals surface area contributed by atoms with Crippen molar-refractivity contribution < 1.29 is 4.79 Å². The maximum absolute atomic E-state index is 10.3. The minimum absolute atomic E-state index is 0.421. The number of fused-ring (bicyclic) bond motifs is 1. The van der Waals surface area contributed by atoms with Gasteiger partial charge in [-0.3, -0.25) is 0 Å². The van der Waals surface area contributed by atoms with Crippen LogP contribution in [0.4, 0.5) is 0 Å². The van der Waals surface area contributed by atoms with Gasteiger partial charge in [0.2, 0.25) is 0 Å². The second-order valence-electron chi connectivity index (χ2n) is 3.05. The van der Waals surface area contributed by atoms with Crippen molar-refractivity contribution in [1.82, 2.24) is 9.38 Å². The molecule has 2 heterocycles. The molecule has 13 heavy (non-hydrogen) atoms. The first-order chi connectivity index (χ1) is 6.31. The minimum Gasteiger partial charge on any atom is -0.304 e. The molecule has 0 radical (unpaired) electrons. The van der Waals surface area contributed by atoms with Crippen LogP contribution in [-0.4, -0.2) is 15.7 Å². The molecule has 0 fully saturated rings. The van der Waals surface area contributed by atoms with Gasteiger partial charge in [0.25, 0.3) is 0 Å². The second-order valence-corrected chi connectivity index (χ2v) is 3.05. The zero-order chi connectivity index (χ0) is 9.26. The van der Waals surface area contributed by atoms with Crippen LogP contribution in [0.15, 0.2) is 24.5 Å². The summed E-state index contributed by atoms with van der Waals surface area (Å²) in [5.41, 5.74) is 3.01. The summed E-state index contributed by atoms with van der Waals surface area (Å²) in [7, 11) is 0. The fraction of sp³-hybridized carbons (Fsp3) is 0.200. The molecule has 0 saturated carbocycles. The zero-order valence-electron chi connectivity index (χ0n) is 7.40. The van der Waals surface area contributed by atoms with E-state index in [0.29, 0.717) is 6.42 Å². The lowest BCUT2D eigenvalue weighted by molar-refractivity contribution is -0.107. The Labute approximate surface area is 76.0 Å². The van der Waals surface area contributed by atoms with E-state index < -0.39 is 0 Å². The Kier molecular flexibility index (Phi) is 1.85.